The van der Waals surface area contributed by atoms with E-state index in [1.54, 1.807) is 0 Å². The van der Waals surface area contributed by atoms with Crippen molar-refractivity contribution in [3.05, 3.63) is 35.9 Å². The smallest absolute Gasteiger partial charge is 0.220 e. The van der Waals surface area contributed by atoms with E-state index in [-0.39, 0.29) is 5.91 Å². The molecule has 0 radical (unpaired) electrons. The van der Waals surface area contributed by atoms with E-state index in [0.717, 1.165) is 24.7 Å². The van der Waals surface area contributed by atoms with Crippen LogP contribution in [0.2, 0.25) is 0 Å². The zero-order valence-corrected chi connectivity index (χ0v) is 12.3. The van der Waals surface area contributed by atoms with Crippen molar-refractivity contribution >= 4 is 12.2 Å². The van der Waals surface area contributed by atoms with Crippen LogP contribution in [0.3, 0.4) is 0 Å². The van der Waals surface area contributed by atoms with E-state index >= 15 is 0 Å². The highest BCUT2D eigenvalue weighted by atomic mass is 16.2. The number of unbranched alkanes of at least 4 members (excludes halogenated alkanes) is 4. The van der Waals surface area contributed by atoms with E-state index in [1.807, 2.05) is 30.3 Å². The molecule has 0 fully saturated rings. The molecule has 0 spiro atoms. The fourth-order valence-electron chi connectivity index (χ4n) is 2.17. The van der Waals surface area contributed by atoms with Gasteiger partial charge in [0.15, 0.2) is 0 Å². The van der Waals surface area contributed by atoms with Crippen molar-refractivity contribution in [2.75, 3.05) is 0 Å². The summed E-state index contributed by atoms with van der Waals surface area (Å²) in [5, 5.41) is 2.80. The molecule has 1 aromatic carbocycles. The van der Waals surface area contributed by atoms with Gasteiger partial charge in [0.25, 0.3) is 0 Å². The maximum absolute atomic E-state index is 11.8. The zero-order valence-electron chi connectivity index (χ0n) is 12.3. The topological polar surface area (TPSA) is 46.2 Å². The Labute approximate surface area is 121 Å². The Morgan fingerprint density at radius 1 is 1.15 bits per heavy atom. The monoisotopic (exact) mass is 275 g/mol. The molecule has 0 heterocycles. The highest BCUT2D eigenvalue weighted by Gasteiger charge is 2.11. The molecule has 1 aromatic rings. The zero-order chi connectivity index (χ0) is 14.6. The minimum Gasteiger partial charge on any atom is -0.346 e. The SMILES string of the molecule is CCCCCCCC(=O)N[C@H](C=O)Cc1ccccc1. The minimum atomic E-state index is -0.416. The molecule has 0 unspecified atom stereocenters. The van der Waals surface area contributed by atoms with Gasteiger partial charge in [-0.25, -0.2) is 0 Å². The van der Waals surface area contributed by atoms with Crippen molar-refractivity contribution in [2.24, 2.45) is 0 Å². The minimum absolute atomic E-state index is 0.0190. The van der Waals surface area contributed by atoms with Gasteiger partial charge in [0, 0.05) is 6.42 Å². The molecule has 1 amide bonds. The van der Waals surface area contributed by atoms with Crippen molar-refractivity contribution in [1.29, 1.82) is 0 Å². The summed E-state index contributed by atoms with van der Waals surface area (Å²) in [5.41, 5.74) is 1.06. The summed E-state index contributed by atoms with van der Waals surface area (Å²) in [6.07, 6.45) is 7.51. The largest absolute Gasteiger partial charge is 0.346 e. The van der Waals surface area contributed by atoms with Crippen molar-refractivity contribution in [3.63, 3.8) is 0 Å². The Morgan fingerprint density at radius 2 is 1.85 bits per heavy atom. The average molecular weight is 275 g/mol. The molecule has 1 atom stereocenters. The van der Waals surface area contributed by atoms with Crippen LogP contribution in [0, 0.1) is 0 Å². The van der Waals surface area contributed by atoms with Gasteiger partial charge in [-0.3, -0.25) is 4.79 Å². The second-order valence-corrected chi connectivity index (χ2v) is 5.16. The first-order chi connectivity index (χ1) is 9.76. The van der Waals surface area contributed by atoms with Crippen molar-refractivity contribution in [1.82, 2.24) is 5.32 Å². The number of carbonyl (C=O) groups is 2. The summed E-state index contributed by atoms with van der Waals surface area (Å²) in [6, 6.07) is 9.33. The molecular weight excluding hydrogens is 250 g/mol. The highest BCUT2D eigenvalue weighted by molar-refractivity contribution is 5.79. The fraction of sp³-hybridized carbons (Fsp3) is 0.529. The number of nitrogens with one attached hydrogen (secondary N) is 1. The lowest BCUT2D eigenvalue weighted by atomic mass is 10.1. The van der Waals surface area contributed by atoms with E-state index in [4.69, 9.17) is 0 Å². The van der Waals surface area contributed by atoms with Gasteiger partial charge < -0.3 is 10.1 Å². The van der Waals surface area contributed by atoms with Crippen LogP contribution in [0.25, 0.3) is 0 Å². The number of amides is 1. The molecule has 0 bridgehead atoms. The van der Waals surface area contributed by atoms with Crippen LogP contribution < -0.4 is 5.32 Å². The third-order valence-electron chi connectivity index (χ3n) is 3.32. The normalized spacial score (nSPS) is 11.8. The van der Waals surface area contributed by atoms with E-state index in [9.17, 15) is 9.59 Å². The van der Waals surface area contributed by atoms with Crippen LogP contribution in [0.4, 0.5) is 0 Å². The first kappa shape index (κ1) is 16.4. The molecule has 20 heavy (non-hydrogen) atoms. The third-order valence-corrected chi connectivity index (χ3v) is 3.32. The second kappa shape index (κ2) is 10.2. The lowest BCUT2D eigenvalue weighted by Crippen LogP contribution is -2.37. The molecule has 1 N–H and O–H groups in total. The Morgan fingerprint density at radius 3 is 2.50 bits per heavy atom. The van der Waals surface area contributed by atoms with Crippen LogP contribution in [-0.2, 0) is 16.0 Å². The lowest BCUT2D eigenvalue weighted by molar-refractivity contribution is -0.124. The first-order valence-corrected chi connectivity index (χ1v) is 7.54. The van der Waals surface area contributed by atoms with Gasteiger partial charge in [-0.2, -0.15) is 0 Å². The van der Waals surface area contributed by atoms with E-state index in [2.05, 4.69) is 12.2 Å². The predicted octanol–water partition coefficient (Wildman–Crippen LogP) is 3.27. The van der Waals surface area contributed by atoms with Crippen molar-refractivity contribution < 1.29 is 9.59 Å². The number of benzene rings is 1. The van der Waals surface area contributed by atoms with Crippen LogP contribution in [0.5, 0.6) is 0 Å². The van der Waals surface area contributed by atoms with Crippen molar-refractivity contribution in [2.45, 2.75) is 57.9 Å². The molecule has 0 saturated carbocycles. The number of rotatable bonds is 10. The molecule has 0 aliphatic heterocycles. The summed E-state index contributed by atoms with van der Waals surface area (Å²) in [6.45, 7) is 2.17. The summed E-state index contributed by atoms with van der Waals surface area (Å²) < 4.78 is 0. The molecule has 0 aromatic heterocycles. The van der Waals surface area contributed by atoms with E-state index in [0.29, 0.717) is 12.8 Å². The summed E-state index contributed by atoms with van der Waals surface area (Å²) in [4.78, 5) is 22.8. The molecule has 3 heteroatoms. The van der Waals surface area contributed by atoms with E-state index in [1.165, 1.54) is 19.3 Å². The Kier molecular flexibility index (Phi) is 8.36. The maximum Gasteiger partial charge on any atom is 0.220 e. The number of aldehydes is 1. The van der Waals surface area contributed by atoms with E-state index < -0.39 is 6.04 Å². The Hall–Kier alpha value is -1.64. The van der Waals surface area contributed by atoms with Gasteiger partial charge in [-0.05, 0) is 18.4 Å². The molecule has 3 nitrogen and oxygen atoms in total. The van der Waals surface area contributed by atoms with Crippen LogP contribution >= 0.6 is 0 Å². The molecular formula is C17H25NO2. The van der Waals surface area contributed by atoms with Gasteiger partial charge >= 0.3 is 0 Å². The quantitative estimate of drug-likeness (QED) is 0.526. The summed E-state index contributed by atoms with van der Waals surface area (Å²) in [5.74, 6) is -0.0190. The fourth-order valence-corrected chi connectivity index (χ4v) is 2.17. The van der Waals surface area contributed by atoms with Crippen LogP contribution in [0.15, 0.2) is 30.3 Å². The molecule has 1 rings (SSSR count). The van der Waals surface area contributed by atoms with Gasteiger partial charge in [0.2, 0.25) is 5.91 Å². The van der Waals surface area contributed by atoms with Gasteiger partial charge in [-0.15, -0.1) is 0 Å². The van der Waals surface area contributed by atoms with Crippen LogP contribution in [0.1, 0.15) is 51.0 Å². The predicted molar refractivity (Wildman–Crippen MR) is 81.5 cm³/mol. The lowest BCUT2D eigenvalue weighted by Gasteiger charge is -2.12. The summed E-state index contributed by atoms with van der Waals surface area (Å²) in [7, 11) is 0. The van der Waals surface area contributed by atoms with Gasteiger partial charge in [0.1, 0.15) is 6.29 Å². The third kappa shape index (κ3) is 7.07. The first-order valence-electron chi connectivity index (χ1n) is 7.54. The Bertz CT molecular complexity index is 389. The number of hydrogen-bond acceptors (Lipinski definition) is 2. The molecule has 0 aliphatic rings. The summed E-state index contributed by atoms with van der Waals surface area (Å²) >= 11 is 0. The Balaban J connectivity index is 2.26. The van der Waals surface area contributed by atoms with Crippen LogP contribution in [-0.4, -0.2) is 18.2 Å². The second-order valence-electron chi connectivity index (χ2n) is 5.16. The number of carbonyl (C=O) groups excluding carboxylic acids is 2. The van der Waals surface area contributed by atoms with Gasteiger partial charge in [0.05, 0.1) is 6.04 Å². The molecule has 110 valence electrons. The van der Waals surface area contributed by atoms with Gasteiger partial charge in [-0.1, -0.05) is 62.9 Å². The number of hydrogen-bond donors (Lipinski definition) is 1. The highest BCUT2D eigenvalue weighted by Crippen LogP contribution is 2.06. The maximum atomic E-state index is 11.8. The van der Waals surface area contributed by atoms with Crippen molar-refractivity contribution in [3.8, 4) is 0 Å². The molecule has 0 saturated heterocycles. The molecule has 0 aliphatic carbocycles. The standard InChI is InChI=1S/C17H25NO2/c1-2-3-4-5-9-12-17(20)18-16(14-19)13-15-10-7-6-8-11-15/h6-8,10-11,14,16H,2-5,9,12-13H2,1H3,(H,18,20)/t16-/m0/s1. The average Bonchev–Trinajstić information content (AvgIpc) is 2.47.